The smallest absolute Gasteiger partial charge is 0.0996 e. The van der Waals surface area contributed by atoms with Crippen molar-refractivity contribution >= 4 is 0 Å². The van der Waals surface area contributed by atoms with E-state index in [-0.39, 0.29) is 0 Å². The molecule has 1 heteroatoms. The molecule has 1 nitrogen and oxygen atoms in total. The van der Waals surface area contributed by atoms with E-state index in [1.165, 1.54) is 37.2 Å². The molecule has 17 heavy (non-hydrogen) atoms. The minimum absolute atomic E-state index is 1.06. The second-order valence-electron chi connectivity index (χ2n) is 4.47. The fourth-order valence-electron chi connectivity index (χ4n) is 1.72. The molecule has 0 aromatic heterocycles. The second kappa shape index (κ2) is 11.8. The zero-order valence-electron chi connectivity index (χ0n) is 12.2. The van der Waals surface area contributed by atoms with Gasteiger partial charge in [-0.15, -0.1) is 0 Å². The molecule has 0 atom stereocenters. The first-order valence-electron chi connectivity index (χ1n) is 7.34. The summed E-state index contributed by atoms with van der Waals surface area (Å²) in [6, 6.07) is 0. The quantitative estimate of drug-likeness (QED) is 0.426. The minimum Gasteiger partial charge on any atom is -0.467 e. The van der Waals surface area contributed by atoms with Gasteiger partial charge < -0.3 is 4.74 Å². The van der Waals surface area contributed by atoms with Crippen LogP contribution >= 0.6 is 0 Å². The molecule has 0 saturated heterocycles. The van der Waals surface area contributed by atoms with E-state index in [1.807, 2.05) is 0 Å². The van der Waals surface area contributed by atoms with Crippen molar-refractivity contribution in [3.63, 3.8) is 0 Å². The summed E-state index contributed by atoms with van der Waals surface area (Å²) < 4.78 is 6.06. The van der Waals surface area contributed by atoms with Crippen LogP contribution in [0.2, 0.25) is 0 Å². The highest BCUT2D eigenvalue weighted by Crippen LogP contribution is 2.19. The average molecular weight is 238 g/mol. The van der Waals surface area contributed by atoms with Gasteiger partial charge in [-0.25, -0.2) is 0 Å². The molecule has 0 spiro atoms. The van der Waals surface area contributed by atoms with Gasteiger partial charge in [0.15, 0.2) is 0 Å². The molecule has 0 aliphatic heterocycles. The fraction of sp³-hybridized carbons (Fsp3) is 0.750. The lowest BCUT2D eigenvalue weighted by Crippen LogP contribution is -1.95. The monoisotopic (exact) mass is 238 g/mol. The third-order valence-electron chi connectivity index (χ3n) is 2.68. The van der Waals surface area contributed by atoms with Crippen LogP contribution < -0.4 is 0 Å². The summed E-state index contributed by atoms with van der Waals surface area (Å²) in [5, 5.41) is 0. The molecule has 0 saturated carbocycles. The lowest BCUT2D eigenvalue weighted by molar-refractivity contribution is 0.269. The van der Waals surface area contributed by atoms with Gasteiger partial charge in [-0.05, 0) is 37.8 Å². The molecule has 100 valence electrons. The van der Waals surface area contributed by atoms with E-state index < -0.39 is 0 Å². The molecule has 0 aliphatic carbocycles. The Bertz CT molecular complexity index is 202. The SMILES string of the molecule is CCC=C(CCCC)OC(=CCC)CCCC. The molecule has 0 unspecified atom stereocenters. The third kappa shape index (κ3) is 9.02. The van der Waals surface area contributed by atoms with Gasteiger partial charge >= 0.3 is 0 Å². The van der Waals surface area contributed by atoms with Crippen LogP contribution in [0.3, 0.4) is 0 Å². The van der Waals surface area contributed by atoms with Gasteiger partial charge in [-0.1, -0.05) is 40.5 Å². The van der Waals surface area contributed by atoms with Crippen molar-refractivity contribution in [2.45, 2.75) is 79.1 Å². The number of allylic oxidation sites excluding steroid dienone is 4. The third-order valence-corrected chi connectivity index (χ3v) is 2.68. The molecular formula is C16H30O. The predicted molar refractivity (Wildman–Crippen MR) is 76.9 cm³/mol. The predicted octanol–water partition coefficient (Wildman–Crippen LogP) is 5.97. The van der Waals surface area contributed by atoms with Crippen LogP contribution in [-0.2, 0) is 4.74 Å². The average Bonchev–Trinajstić information content (AvgIpc) is 2.33. The van der Waals surface area contributed by atoms with E-state index in [4.69, 9.17) is 4.74 Å². The van der Waals surface area contributed by atoms with E-state index in [0.717, 1.165) is 25.7 Å². The Balaban J connectivity index is 4.34. The number of hydrogen-bond acceptors (Lipinski definition) is 1. The maximum Gasteiger partial charge on any atom is 0.0996 e. The molecule has 0 heterocycles. The number of hydrogen-bond donors (Lipinski definition) is 0. The van der Waals surface area contributed by atoms with Gasteiger partial charge in [-0.3, -0.25) is 0 Å². The largest absolute Gasteiger partial charge is 0.467 e. The number of ether oxygens (including phenoxy) is 1. The summed E-state index contributed by atoms with van der Waals surface area (Å²) in [6.07, 6.45) is 13.6. The molecule has 0 amide bonds. The number of unbranched alkanes of at least 4 members (excludes halogenated alkanes) is 2. The van der Waals surface area contributed by atoms with Gasteiger partial charge in [0.05, 0.1) is 11.5 Å². The van der Waals surface area contributed by atoms with Gasteiger partial charge in [0.2, 0.25) is 0 Å². The van der Waals surface area contributed by atoms with Gasteiger partial charge in [0.25, 0.3) is 0 Å². The van der Waals surface area contributed by atoms with E-state index >= 15 is 0 Å². The maximum atomic E-state index is 6.06. The first kappa shape index (κ1) is 16.3. The van der Waals surface area contributed by atoms with Crippen molar-refractivity contribution in [3.8, 4) is 0 Å². The Morgan fingerprint density at radius 1 is 0.765 bits per heavy atom. The molecule has 0 N–H and O–H groups in total. The Morgan fingerprint density at radius 3 is 1.47 bits per heavy atom. The van der Waals surface area contributed by atoms with Crippen LogP contribution in [0.25, 0.3) is 0 Å². The fourth-order valence-corrected chi connectivity index (χ4v) is 1.72. The highest BCUT2D eigenvalue weighted by atomic mass is 16.5. The zero-order valence-corrected chi connectivity index (χ0v) is 12.2. The lowest BCUT2D eigenvalue weighted by Gasteiger charge is -2.13. The van der Waals surface area contributed by atoms with Crippen LogP contribution in [0.15, 0.2) is 23.7 Å². The molecule has 0 rings (SSSR count). The van der Waals surface area contributed by atoms with Crippen LogP contribution in [0.5, 0.6) is 0 Å². The van der Waals surface area contributed by atoms with Gasteiger partial charge in [0, 0.05) is 12.8 Å². The Hall–Kier alpha value is -0.720. The molecule has 0 aromatic carbocycles. The summed E-state index contributed by atoms with van der Waals surface area (Å²) in [5.74, 6) is 2.34. The van der Waals surface area contributed by atoms with Crippen molar-refractivity contribution < 1.29 is 4.74 Å². The summed E-state index contributed by atoms with van der Waals surface area (Å²) in [7, 11) is 0. The molecular weight excluding hydrogens is 208 g/mol. The maximum absolute atomic E-state index is 6.06. The van der Waals surface area contributed by atoms with E-state index in [0.29, 0.717) is 0 Å². The molecule has 0 bridgehead atoms. The highest BCUT2D eigenvalue weighted by molar-refractivity contribution is 5.02. The molecule has 0 radical (unpaired) electrons. The van der Waals surface area contributed by atoms with Crippen molar-refractivity contribution in [1.29, 1.82) is 0 Å². The lowest BCUT2D eigenvalue weighted by atomic mass is 10.2. The van der Waals surface area contributed by atoms with Crippen LogP contribution in [0, 0.1) is 0 Å². The van der Waals surface area contributed by atoms with Gasteiger partial charge in [-0.2, -0.15) is 0 Å². The Kier molecular flexibility index (Phi) is 11.3. The minimum atomic E-state index is 1.06. The first-order chi connectivity index (χ1) is 8.28. The van der Waals surface area contributed by atoms with E-state index in [2.05, 4.69) is 39.8 Å². The van der Waals surface area contributed by atoms with Crippen molar-refractivity contribution in [2.75, 3.05) is 0 Å². The van der Waals surface area contributed by atoms with E-state index in [1.54, 1.807) is 0 Å². The Labute approximate surface area is 108 Å². The van der Waals surface area contributed by atoms with Crippen molar-refractivity contribution in [1.82, 2.24) is 0 Å². The summed E-state index contributed by atoms with van der Waals surface area (Å²) in [5.41, 5.74) is 0. The molecule has 0 fully saturated rings. The number of rotatable bonds is 10. The second-order valence-corrected chi connectivity index (χ2v) is 4.47. The van der Waals surface area contributed by atoms with Crippen LogP contribution in [-0.4, -0.2) is 0 Å². The summed E-state index contributed by atoms with van der Waals surface area (Å²) in [6.45, 7) is 8.79. The van der Waals surface area contributed by atoms with Crippen molar-refractivity contribution in [3.05, 3.63) is 23.7 Å². The summed E-state index contributed by atoms with van der Waals surface area (Å²) >= 11 is 0. The Morgan fingerprint density at radius 2 is 1.18 bits per heavy atom. The van der Waals surface area contributed by atoms with Crippen LogP contribution in [0.1, 0.15) is 79.1 Å². The van der Waals surface area contributed by atoms with E-state index in [9.17, 15) is 0 Å². The molecule has 0 aromatic rings. The normalized spacial score (nSPS) is 12.9. The zero-order chi connectivity index (χ0) is 12.9. The topological polar surface area (TPSA) is 9.23 Å². The van der Waals surface area contributed by atoms with Gasteiger partial charge in [0.1, 0.15) is 0 Å². The standard InChI is InChI=1S/C16H30O/c1-5-9-13-15(11-7-3)17-16(12-8-4)14-10-6-2/h11-12H,5-10,13-14H2,1-4H3. The summed E-state index contributed by atoms with van der Waals surface area (Å²) in [4.78, 5) is 0. The highest BCUT2D eigenvalue weighted by Gasteiger charge is 2.03. The first-order valence-corrected chi connectivity index (χ1v) is 7.34. The van der Waals surface area contributed by atoms with Crippen molar-refractivity contribution in [2.24, 2.45) is 0 Å². The van der Waals surface area contributed by atoms with Crippen LogP contribution in [0.4, 0.5) is 0 Å². The molecule has 0 aliphatic rings.